The first-order valence-corrected chi connectivity index (χ1v) is 2.41. The lowest BCUT2D eigenvalue weighted by Crippen LogP contribution is -2.27. The molecule has 0 aromatic rings. The zero-order valence-corrected chi connectivity index (χ0v) is 4.85. The van der Waals surface area contributed by atoms with Crippen molar-refractivity contribution < 1.29 is 9.58 Å². The van der Waals surface area contributed by atoms with Gasteiger partial charge in [0.2, 0.25) is 18.6 Å². The molecule has 6 heteroatoms. The van der Waals surface area contributed by atoms with Gasteiger partial charge in [-0.25, -0.2) is 0 Å². The third-order valence-electron chi connectivity index (χ3n) is 0.869. The molecule has 10 heavy (non-hydrogen) atoms. The highest BCUT2D eigenvalue weighted by molar-refractivity contribution is 6.44. The molecule has 0 aliphatic carbocycles. The first kappa shape index (κ1) is 6.31. The van der Waals surface area contributed by atoms with Crippen LogP contribution in [0.25, 0.3) is 5.53 Å². The molecule has 1 rings (SSSR count). The fourth-order valence-corrected chi connectivity index (χ4v) is 0.491. The van der Waals surface area contributed by atoms with E-state index >= 15 is 0 Å². The number of carbonyl (C=O) groups excluding carboxylic acids is 1. The van der Waals surface area contributed by atoms with Crippen molar-refractivity contribution in [2.45, 2.75) is 0 Å². The van der Waals surface area contributed by atoms with Crippen LogP contribution in [0.15, 0.2) is 9.98 Å². The van der Waals surface area contributed by atoms with Gasteiger partial charge in [0.25, 0.3) is 0 Å². The number of carbonyl (C=O) groups is 1. The fourth-order valence-electron chi connectivity index (χ4n) is 0.491. The third kappa shape index (κ3) is 0.958. The lowest BCUT2D eigenvalue weighted by atomic mass is 10.5. The molecule has 6 nitrogen and oxygen atoms in total. The smallest absolute Gasteiger partial charge is 0.446 e. The normalized spacial score (nSPS) is 14.4. The number of hydrogen-bond donors (Lipinski definition) is 1. The number of amidine groups is 2. The molecule has 1 aliphatic rings. The summed E-state index contributed by atoms with van der Waals surface area (Å²) in [6.45, 7) is 0. The van der Waals surface area contributed by atoms with Crippen molar-refractivity contribution in [2.24, 2.45) is 9.98 Å². The molecule has 1 N–H and O–H groups in total. The van der Waals surface area contributed by atoms with E-state index in [0.29, 0.717) is 6.41 Å². The first-order chi connectivity index (χ1) is 4.88. The van der Waals surface area contributed by atoms with Crippen LogP contribution in [-0.2, 0) is 4.79 Å². The van der Waals surface area contributed by atoms with Crippen LogP contribution in [0.3, 0.4) is 0 Å². The van der Waals surface area contributed by atoms with Crippen LogP contribution in [0.5, 0.6) is 0 Å². The predicted molar refractivity (Wildman–Crippen MR) is 33.8 cm³/mol. The lowest BCUT2D eigenvalue weighted by molar-refractivity contribution is -0.108. The van der Waals surface area contributed by atoms with E-state index in [4.69, 9.17) is 5.53 Å². The van der Waals surface area contributed by atoms with Gasteiger partial charge in [0.15, 0.2) is 0 Å². The van der Waals surface area contributed by atoms with Gasteiger partial charge in [-0.1, -0.05) is 0 Å². The summed E-state index contributed by atoms with van der Waals surface area (Å²) < 4.78 is 0. The maximum Gasteiger partial charge on any atom is 0.446 e. The zero-order valence-electron chi connectivity index (χ0n) is 4.85. The molecular formula is C4H3N5O. The minimum atomic E-state index is 0.00657. The van der Waals surface area contributed by atoms with Crippen molar-refractivity contribution in [1.82, 2.24) is 5.32 Å². The van der Waals surface area contributed by atoms with E-state index in [0.717, 1.165) is 0 Å². The van der Waals surface area contributed by atoms with Crippen molar-refractivity contribution >= 4 is 24.4 Å². The Morgan fingerprint density at radius 1 is 1.80 bits per heavy atom. The van der Waals surface area contributed by atoms with Crippen LogP contribution >= 0.6 is 0 Å². The first-order valence-electron chi connectivity index (χ1n) is 2.41. The summed E-state index contributed by atoms with van der Waals surface area (Å²) in [4.78, 5) is 19.7. The number of amides is 1. The van der Waals surface area contributed by atoms with Crippen LogP contribution < -0.4 is 5.32 Å². The summed E-state index contributed by atoms with van der Waals surface area (Å²) in [6.07, 6.45) is 1.61. The van der Waals surface area contributed by atoms with Gasteiger partial charge in [-0.3, -0.25) is 4.79 Å². The summed E-state index contributed by atoms with van der Waals surface area (Å²) in [5, 5.41) is 2.20. The van der Waals surface area contributed by atoms with E-state index in [1.54, 1.807) is 0 Å². The molecule has 0 radical (unpaired) electrons. The number of hydrogen-bond acceptors (Lipinski definition) is 2. The van der Waals surface area contributed by atoms with E-state index in [1.807, 2.05) is 0 Å². The standard InChI is InChI=1S/C4H3N5O/c5-9-4-3(8-2-10)6-1-7-4/h1-2H,(H,6,7,8,10). The second-order valence-electron chi connectivity index (χ2n) is 1.41. The lowest BCUT2D eigenvalue weighted by Gasteiger charge is -1.85. The van der Waals surface area contributed by atoms with Crippen LogP contribution in [-0.4, -0.2) is 29.2 Å². The molecular weight excluding hydrogens is 134 g/mol. The third-order valence-corrected chi connectivity index (χ3v) is 0.869. The summed E-state index contributed by atoms with van der Waals surface area (Å²) in [7, 11) is 0. The quantitative estimate of drug-likeness (QED) is 0.274. The Balaban J connectivity index is 2.82. The van der Waals surface area contributed by atoms with E-state index in [-0.39, 0.29) is 11.7 Å². The maximum atomic E-state index is 9.84. The van der Waals surface area contributed by atoms with E-state index in [1.165, 1.54) is 6.34 Å². The van der Waals surface area contributed by atoms with E-state index < -0.39 is 0 Å². The summed E-state index contributed by atoms with van der Waals surface area (Å²) >= 11 is 0. The summed E-state index contributed by atoms with van der Waals surface area (Å²) in [5.74, 6) is 0.157. The second-order valence-corrected chi connectivity index (χ2v) is 1.41. The predicted octanol–water partition coefficient (Wildman–Crippen LogP) is -1.20. The van der Waals surface area contributed by atoms with Crippen molar-refractivity contribution in [2.75, 3.05) is 0 Å². The minimum Gasteiger partial charge on any atom is -0.497 e. The van der Waals surface area contributed by atoms with Crippen LogP contribution in [0, 0.1) is 0 Å². The fraction of sp³-hybridized carbons (Fsp3) is 0. The highest BCUT2D eigenvalue weighted by atomic mass is 16.1. The molecule has 0 aromatic heterocycles. The average Bonchev–Trinajstić information content (AvgIpc) is 2.36. The van der Waals surface area contributed by atoms with Crippen molar-refractivity contribution in [3.05, 3.63) is 5.53 Å². The Hall–Kier alpha value is -1.81. The number of nitrogens with zero attached hydrogens (tertiary/aromatic N) is 4. The Labute approximate surface area is 55.9 Å². The summed E-state index contributed by atoms with van der Waals surface area (Å²) in [6, 6.07) is 0. The average molecular weight is 137 g/mol. The van der Waals surface area contributed by atoms with Gasteiger partial charge in [0, 0.05) is 0 Å². The van der Waals surface area contributed by atoms with Crippen molar-refractivity contribution in [3.8, 4) is 0 Å². The Morgan fingerprint density at radius 2 is 2.60 bits per heavy atom. The van der Waals surface area contributed by atoms with Gasteiger partial charge in [-0.05, 0) is 4.99 Å². The zero-order chi connectivity index (χ0) is 7.40. The number of rotatable bonds is 1. The van der Waals surface area contributed by atoms with Gasteiger partial charge < -0.3 is 15.6 Å². The number of nitrogens with one attached hydrogen (secondary N) is 1. The molecule has 0 spiro atoms. The molecule has 1 amide bonds. The molecule has 0 aromatic carbocycles. The topological polar surface area (TPSA) is 90.2 Å². The van der Waals surface area contributed by atoms with Crippen molar-refractivity contribution in [3.63, 3.8) is 0 Å². The largest absolute Gasteiger partial charge is 0.497 e. The molecule has 50 valence electrons. The SMILES string of the molecule is [N-]=[N+]=C1N=CN=C1NC=O. The van der Waals surface area contributed by atoms with Gasteiger partial charge in [-0.15, -0.1) is 0 Å². The Morgan fingerprint density at radius 3 is 3.20 bits per heavy atom. The molecule has 0 saturated carbocycles. The maximum absolute atomic E-state index is 9.84. The Bertz CT molecular complexity index is 259. The van der Waals surface area contributed by atoms with Crippen LogP contribution in [0.4, 0.5) is 0 Å². The molecule has 0 unspecified atom stereocenters. The minimum absolute atomic E-state index is 0.00657. The molecule has 1 aliphatic heterocycles. The van der Waals surface area contributed by atoms with E-state index in [2.05, 4.69) is 20.1 Å². The molecule has 1 heterocycles. The molecule has 0 saturated heterocycles. The highest BCUT2D eigenvalue weighted by Gasteiger charge is 2.20. The van der Waals surface area contributed by atoms with Gasteiger partial charge in [0.1, 0.15) is 0 Å². The molecule has 0 fully saturated rings. The van der Waals surface area contributed by atoms with Crippen LogP contribution in [0.1, 0.15) is 0 Å². The van der Waals surface area contributed by atoms with Gasteiger partial charge >= 0.3 is 5.84 Å². The molecule has 0 bridgehead atoms. The highest BCUT2D eigenvalue weighted by Crippen LogP contribution is 1.85. The Kier molecular flexibility index (Phi) is 1.67. The summed E-state index contributed by atoms with van der Waals surface area (Å²) in [5.41, 5.74) is 8.20. The van der Waals surface area contributed by atoms with Crippen LogP contribution in [0.2, 0.25) is 0 Å². The number of aliphatic imine (C=N–C) groups is 2. The monoisotopic (exact) mass is 137 g/mol. The molecule has 0 atom stereocenters. The van der Waals surface area contributed by atoms with Gasteiger partial charge in [0.05, 0.1) is 0 Å². The van der Waals surface area contributed by atoms with Gasteiger partial charge in [-0.2, -0.15) is 4.99 Å². The van der Waals surface area contributed by atoms with Crippen molar-refractivity contribution in [1.29, 1.82) is 0 Å². The van der Waals surface area contributed by atoms with E-state index in [9.17, 15) is 4.79 Å². The second kappa shape index (κ2) is 2.65.